The summed E-state index contributed by atoms with van der Waals surface area (Å²) in [5, 5.41) is 5.93. The topological polar surface area (TPSA) is 93.2 Å². The van der Waals surface area contributed by atoms with Gasteiger partial charge in [-0.15, -0.1) is 0 Å². The van der Waals surface area contributed by atoms with Gasteiger partial charge in [0.15, 0.2) is 12.4 Å². The smallest absolute Gasteiger partial charge is 0.264 e. The minimum atomic E-state index is -0.309. The Balaban J connectivity index is 1.34. The largest absolute Gasteiger partial charge is 0.484 e. The number of amides is 2. The van der Waals surface area contributed by atoms with E-state index in [1.807, 2.05) is 36.4 Å². The fraction of sp³-hybridized carbons (Fsp3) is 0.158. The lowest BCUT2D eigenvalue weighted by molar-refractivity contribution is -0.118. The summed E-state index contributed by atoms with van der Waals surface area (Å²) in [6.45, 7) is -0.134. The van der Waals surface area contributed by atoms with Gasteiger partial charge in [0.05, 0.1) is 0 Å². The Labute approximate surface area is 159 Å². The highest BCUT2D eigenvalue weighted by atomic mass is 32.1. The lowest BCUT2D eigenvalue weighted by Crippen LogP contribution is -2.21. The van der Waals surface area contributed by atoms with Crippen molar-refractivity contribution in [2.75, 3.05) is 17.2 Å². The van der Waals surface area contributed by atoms with Gasteiger partial charge < -0.3 is 10.1 Å². The quantitative estimate of drug-likeness (QED) is 0.709. The molecule has 1 aliphatic rings. The molecule has 0 radical (unpaired) electrons. The minimum absolute atomic E-state index is 0.0162. The van der Waals surface area contributed by atoms with Crippen molar-refractivity contribution in [3.8, 4) is 17.1 Å². The Kier molecular flexibility index (Phi) is 4.80. The first-order valence-electron chi connectivity index (χ1n) is 8.42. The van der Waals surface area contributed by atoms with E-state index >= 15 is 0 Å². The molecule has 8 heteroatoms. The van der Waals surface area contributed by atoms with E-state index in [4.69, 9.17) is 4.74 Å². The van der Waals surface area contributed by atoms with Crippen LogP contribution < -0.4 is 15.4 Å². The molecule has 136 valence electrons. The van der Waals surface area contributed by atoms with E-state index < -0.39 is 0 Å². The van der Waals surface area contributed by atoms with Gasteiger partial charge in [-0.05, 0) is 30.2 Å². The van der Waals surface area contributed by atoms with Gasteiger partial charge in [0.2, 0.25) is 11.0 Å². The number of ether oxygens (including phenoxy) is 1. The molecule has 3 aromatic rings. The number of hydrogen-bond acceptors (Lipinski definition) is 6. The van der Waals surface area contributed by atoms with Crippen LogP contribution >= 0.6 is 11.5 Å². The normalized spacial score (nSPS) is 12.8. The molecule has 7 nitrogen and oxygen atoms in total. The van der Waals surface area contributed by atoms with Crippen molar-refractivity contribution >= 4 is 34.2 Å². The first kappa shape index (κ1) is 17.2. The van der Waals surface area contributed by atoms with E-state index in [-0.39, 0.29) is 18.4 Å². The SMILES string of the molecule is O=C(COc1ccc2c(c1)CCC(=O)N2)Nc1nc(-c2ccccc2)ns1. The zero-order chi connectivity index (χ0) is 18.6. The van der Waals surface area contributed by atoms with E-state index in [9.17, 15) is 9.59 Å². The number of nitrogens with one attached hydrogen (secondary N) is 2. The number of hydrogen-bond donors (Lipinski definition) is 2. The second-order valence-electron chi connectivity index (χ2n) is 5.99. The number of rotatable bonds is 5. The Bertz CT molecular complexity index is 988. The van der Waals surface area contributed by atoms with Crippen LogP contribution in [0.2, 0.25) is 0 Å². The summed E-state index contributed by atoms with van der Waals surface area (Å²) in [5.74, 6) is 0.870. The maximum Gasteiger partial charge on any atom is 0.264 e. The van der Waals surface area contributed by atoms with Crippen LogP contribution in [0.3, 0.4) is 0 Å². The molecule has 2 heterocycles. The van der Waals surface area contributed by atoms with Crippen LogP contribution in [-0.2, 0) is 16.0 Å². The third kappa shape index (κ3) is 4.12. The van der Waals surface area contributed by atoms with Crippen LogP contribution in [0.4, 0.5) is 10.8 Å². The Hall–Kier alpha value is -3.26. The molecular weight excluding hydrogens is 364 g/mol. The van der Waals surface area contributed by atoms with Crippen LogP contribution in [0.5, 0.6) is 5.75 Å². The maximum absolute atomic E-state index is 12.1. The second-order valence-corrected chi connectivity index (χ2v) is 6.74. The van der Waals surface area contributed by atoms with Crippen LogP contribution in [0.1, 0.15) is 12.0 Å². The minimum Gasteiger partial charge on any atom is -0.484 e. The van der Waals surface area contributed by atoms with E-state index in [2.05, 4.69) is 20.0 Å². The Morgan fingerprint density at radius 3 is 2.89 bits per heavy atom. The average Bonchev–Trinajstić information content (AvgIpc) is 3.15. The van der Waals surface area contributed by atoms with Crippen LogP contribution in [0.15, 0.2) is 48.5 Å². The molecule has 1 aliphatic heterocycles. The predicted molar refractivity (Wildman–Crippen MR) is 103 cm³/mol. The number of aryl methyl sites for hydroxylation is 1. The van der Waals surface area contributed by atoms with Gasteiger partial charge in [-0.25, -0.2) is 0 Å². The highest BCUT2D eigenvalue weighted by Gasteiger charge is 2.15. The number of carbonyl (C=O) groups is 2. The monoisotopic (exact) mass is 380 g/mol. The lowest BCUT2D eigenvalue weighted by atomic mass is 10.0. The Morgan fingerprint density at radius 1 is 1.19 bits per heavy atom. The summed E-state index contributed by atoms with van der Waals surface area (Å²) < 4.78 is 9.81. The van der Waals surface area contributed by atoms with Crippen molar-refractivity contribution in [3.05, 3.63) is 54.1 Å². The van der Waals surface area contributed by atoms with Gasteiger partial charge in [0.1, 0.15) is 5.75 Å². The van der Waals surface area contributed by atoms with Crippen LogP contribution in [0.25, 0.3) is 11.4 Å². The first-order chi connectivity index (χ1) is 13.2. The van der Waals surface area contributed by atoms with E-state index in [0.717, 1.165) is 28.3 Å². The molecule has 0 saturated heterocycles. The third-order valence-corrected chi connectivity index (χ3v) is 4.68. The molecule has 2 amide bonds. The maximum atomic E-state index is 12.1. The van der Waals surface area contributed by atoms with E-state index in [0.29, 0.717) is 29.5 Å². The van der Waals surface area contributed by atoms with Gasteiger partial charge in [-0.2, -0.15) is 9.36 Å². The van der Waals surface area contributed by atoms with Crippen molar-refractivity contribution in [1.29, 1.82) is 0 Å². The molecule has 0 unspecified atom stereocenters. The molecule has 0 aliphatic carbocycles. The molecule has 0 bridgehead atoms. The van der Waals surface area contributed by atoms with Gasteiger partial charge in [0.25, 0.3) is 5.91 Å². The average molecular weight is 380 g/mol. The highest BCUT2D eigenvalue weighted by molar-refractivity contribution is 7.10. The predicted octanol–water partition coefficient (Wildman–Crippen LogP) is 3.11. The van der Waals surface area contributed by atoms with Crippen LogP contribution in [0, 0.1) is 0 Å². The number of carbonyl (C=O) groups excluding carboxylic acids is 2. The number of anilines is 2. The van der Waals surface area contributed by atoms with Crippen LogP contribution in [-0.4, -0.2) is 27.8 Å². The van der Waals surface area contributed by atoms with Gasteiger partial charge in [0, 0.05) is 29.2 Å². The molecular formula is C19H16N4O3S. The molecule has 0 spiro atoms. The van der Waals surface area contributed by atoms with Crippen molar-refractivity contribution in [2.45, 2.75) is 12.8 Å². The molecule has 27 heavy (non-hydrogen) atoms. The van der Waals surface area contributed by atoms with Crippen molar-refractivity contribution in [1.82, 2.24) is 9.36 Å². The summed E-state index contributed by atoms with van der Waals surface area (Å²) in [6.07, 6.45) is 1.12. The van der Waals surface area contributed by atoms with Crippen molar-refractivity contribution in [3.63, 3.8) is 0 Å². The standard InChI is InChI=1S/C19H16N4O3S/c24-16-9-6-13-10-14(7-8-15(13)20-16)26-11-17(25)21-19-22-18(23-27-19)12-4-2-1-3-5-12/h1-5,7-8,10H,6,9,11H2,(H,20,24)(H,21,22,23,25). The summed E-state index contributed by atoms with van der Waals surface area (Å²) in [7, 11) is 0. The Morgan fingerprint density at radius 2 is 2.04 bits per heavy atom. The molecule has 0 atom stereocenters. The number of benzene rings is 2. The lowest BCUT2D eigenvalue weighted by Gasteiger charge is -2.17. The fourth-order valence-electron chi connectivity index (χ4n) is 2.73. The molecule has 2 N–H and O–H groups in total. The molecule has 1 aromatic heterocycles. The zero-order valence-corrected chi connectivity index (χ0v) is 15.1. The number of nitrogens with zero attached hydrogens (tertiary/aromatic N) is 2. The van der Waals surface area contributed by atoms with Crippen molar-refractivity contribution < 1.29 is 14.3 Å². The number of aromatic nitrogens is 2. The summed E-state index contributed by atoms with van der Waals surface area (Å²) in [6, 6.07) is 14.9. The van der Waals surface area contributed by atoms with E-state index in [1.54, 1.807) is 12.1 Å². The highest BCUT2D eigenvalue weighted by Crippen LogP contribution is 2.27. The molecule has 0 fully saturated rings. The summed E-state index contributed by atoms with van der Waals surface area (Å²) >= 11 is 1.12. The van der Waals surface area contributed by atoms with Gasteiger partial charge in [-0.1, -0.05) is 30.3 Å². The third-order valence-electron chi connectivity index (χ3n) is 4.05. The van der Waals surface area contributed by atoms with E-state index in [1.165, 1.54) is 0 Å². The molecule has 2 aromatic carbocycles. The first-order valence-corrected chi connectivity index (χ1v) is 9.19. The van der Waals surface area contributed by atoms with Gasteiger partial charge >= 0.3 is 0 Å². The number of fused-ring (bicyclic) bond motifs is 1. The summed E-state index contributed by atoms with van der Waals surface area (Å²) in [5.41, 5.74) is 2.70. The fourth-order valence-corrected chi connectivity index (χ4v) is 3.34. The van der Waals surface area contributed by atoms with Gasteiger partial charge in [-0.3, -0.25) is 14.9 Å². The molecule has 0 saturated carbocycles. The van der Waals surface area contributed by atoms with Crippen molar-refractivity contribution in [2.24, 2.45) is 0 Å². The second kappa shape index (κ2) is 7.55. The zero-order valence-electron chi connectivity index (χ0n) is 14.3. The summed E-state index contributed by atoms with van der Waals surface area (Å²) in [4.78, 5) is 27.8. The molecule has 4 rings (SSSR count).